The van der Waals surface area contributed by atoms with Crippen molar-refractivity contribution in [2.75, 3.05) is 217 Å². The first-order chi connectivity index (χ1) is 44.2. The van der Waals surface area contributed by atoms with Gasteiger partial charge < -0.3 is 102 Å². The zero-order valence-electron chi connectivity index (χ0n) is 54.8. The van der Waals surface area contributed by atoms with Crippen LogP contribution in [0.3, 0.4) is 0 Å². The third-order valence-corrected chi connectivity index (χ3v) is 12.9. The van der Waals surface area contributed by atoms with Crippen LogP contribution in [0.4, 0.5) is 0 Å². The molecule has 530 valence electrons. The molecule has 6 N–H and O–H groups in total. The van der Waals surface area contributed by atoms with Crippen molar-refractivity contribution in [3.8, 4) is 0 Å². The molecule has 4 atom stereocenters. The molecular weight excluding hydrogens is 1330 g/mol. The average Bonchev–Trinajstić information content (AvgIpc) is 2.01. The van der Waals surface area contributed by atoms with Crippen LogP contribution in [0.5, 0.6) is 0 Å². The summed E-state index contributed by atoms with van der Waals surface area (Å²) < 4.78 is 89.2. The molecule has 27 heteroatoms. The molecule has 93 heavy (non-hydrogen) atoms. The quantitative estimate of drug-likeness (QED) is 0.0119. The van der Waals surface area contributed by atoms with Crippen molar-refractivity contribution < 1.29 is 168 Å². The number of halogens is 2. The summed E-state index contributed by atoms with van der Waals surface area (Å²) in [5.74, 6) is -0.813. The van der Waals surface area contributed by atoms with Crippen molar-refractivity contribution in [1.29, 1.82) is 0 Å². The molecule has 1 aromatic rings. The second kappa shape index (κ2) is 63.3. The number of aliphatic hydroxyl groups excluding tert-OH is 4. The molecule has 0 amide bonds. The van der Waals surface area contributed by atoms with Gasteiger partial charge in [-0.2, -0.15) is 5.26 Å². The maximum absolute atomic E-state index is 10.6. The first kappa shape index (κ1) is 95.1. The maximum Gasteiger partial charge on any atom is 1.00 e. The fourth-order valence-corrected chi connectivity index (χ4v) is 7.06. The number of aliphatic hydroxyl groups is 4. The Kier molecular flexibility index (Phi) is 64.7. The van der Waals surface area contributed by atoms with Crippen molar-refractivity contribution in [3.63, 3.8) is 0 Å². The summed E-state index contributed by atoms with van der Waals surface area (Å²) in [7, 11) is 0. The Morgan fingerprint density at radius 1 is 0.441 bits per heavy atom. The number of hydrogen-bond acceptors (Lipinski definition) is 24. The number of carbonyl (C=O) groups is 1. The minimum Gasteiger partial charge on any atom is -0.870 e. The van der Waals surface area contributed by atoms with Crippen LogP contribution < -0.4 is 51.4 Å². The van der Waals surface area contributed by atoms with Crippen molar-refractivity contribution >= 4 is 33.5 Å². The number of allylic oxidation sites excluding steroid dienone is 1. The summed E-state index contributed by atoms with van der Waals surface area (Å²) in [6.07, 6.45) is 16.4. The number of carbonyl (C=O) groups excluding carboxylic acids is 1. The van der Waals surface area contributed by atoms with Gasteiger partial charge in [-0.1, -0.05) is 88.3 Å². The van der Waals surface area contributed by atoms with Gasteiger partial charge in [0.25, 0.3) is 0 Å². The molecule has 4 fully saturated rings. The molecular formula is C66H107BrClKO24. The molecule has 0 saturated carbocycles. The Bertz CT molecular complexity index is 1760. The smallest absolute Gasteiger partial charge is 0.870 e. The van der Waals surface area contributed by atoms with Gasteiger partial charge in [-0.05, 0) is 18.2 Å². The van der Waals surface area contributed by atoms with Crippen LogP contribution in [-0.4, -0.2) is 278 Å². The Balaban J connectivity index is -0.00000111. The molecule has 5 rings (SSSR count). The van der Waals surface area contributed by atoms with Gasteiger partial charge in [0.1, 0.15) is 24.4 Å². The predicted octanol–water partition coefficient (Wildman–Crippen LogP) is 3.51. The number of rotatable bonds is 54. The second-order valence-corrected chi connectivity index (χ2v) is 22.4. The van der Waals surface area contributed by atoms with E-state index in [2.05, 4.69) is 80.0 Å². The third-order valence-electron chi connectivity index (χ3n) is 12.2. The van der Waals surface area contributed by atoms with E-state index >= 15 is 0 Å². The summed E-state index contributed by atoms with van der Waals surface area (Å²) >= 11 is 8.69. The van der Waals surface area contributed by atoms with Crippen molar-refractivity contribution in [2.45, 2.75) is 24.4 Å². The van der Waals surface area contributed by atoms with Gasteiger partial charge in [0, 0.05) is 10.4 Å². The van der Waals surface area contributed by atoms with E-state index in [9.17, 15) is 4.79 Å². The second-order valence-electron chi connectivity index (χ2n) is 21.3. The summed E-state index contributed by atoms with van der Waals surface area (Å²) in [6.45, 7) is 46.1. The van der Waals surface area contributed by atoms with E-state index in [1.165, 1.54) is 12.1 Å². The van der Waals surface area contributed by atoms with E-state index < -0.39 is 37.8 Å². The fraction of sp³-hybridized carbons (Fsp3) is 0.621. The number of benzene rings is 1. The van der Waals surface area contributed by atoms with Crippen LogP contribution in [0, 0.1) is 21.7 Å². The van der Waals surface area contributed by atoms with Crippen LogP contribution >= 0.6 is 27.5 Å². The van der Waals surface area contributed by atoms with E-state index in [1.807, 2.05) is 0 Å². The van der Waals surface area contributed by atoms with Gasteiger partial charge >= 0.3 is 57.4 Å². The van der Waals surface area contributed by atoms with Gasteiger partial charge in [0.05, 0.1) is 239 Å². The zero-order chi connectivity index (χ0) is 67.6. The fourth-order valence-electron chi connectivity index (χ4n) is 6.87. The SMILES string of the molecule is C(OCC(COCC1CO1)(COCC1CO1)COCC1CO1)C1CO1.C=CCBr.C=CCOCC(COCC=C)(COCC=C)COCC=C.C=CCOCC(COCC=C)(COCC=C)COCC=C.O=C(OO)c1cccc(Cl)c1.OCC(CO)(CO)CO.[K+].[OH-]. The van der Waals surface area contributed by atoms with Crippen molar-refractivity contribution in [1.82, 2.24) is 0 Å². The summed E-state index contributed by atoms with van der Waals surface area (Å²) in [5, 5.41) is 43.3. The van der Waals surface area contributed by atoms with E-state index in [0.717, 1.165) is 31.8 Å². The topological polar surface area (TPSA) is 318 Å². The minimum absolute atomic E-state index is 0. The summed E-state index contributed by atoms with van der Waals surface area (Å²) in [6, 6.07) is 6.11. The molecule has 0 bridgehead atoms. The molecule has 4 heterocycles. The molecule has 4 aliphatic rings. The van der Waals surface area contributed by atoms with Gasteiger partial charge in [-0.3, -0.25) is 4.89 Å². The molecule has 4 saturated heterocycles. The number of ether oxygens (including phenoxy) is 16. The molecule has 1 aromatic carbocycles. The van der Waals surface area contributed by atoms with Crippen molar-refractivity contribution in [2.24, 2.45) is 21.7 Å². The largest absolute Gasteiger partial charge is 1.00 e. The van der Waals surface area contributed by atoms with E-state index in [-0.39, 0.29) is 103 Å². The molecule has 0 radical (unpaired) electrons. The normalized spacial score (nSPS) is 16.8. The number of hydrogen-bond donors (Lipinski definition) is 5. The van der Waals surface area contributed by atoms with Crippen LogP contribution in [0.15, 0.2) is 138 Å². The van der Waals surface area contributed by atoms with Gasteiger partial charge in [0.2, 0.25) is 0 Å². The average molecular weight is 1440 g/mol. The molecule has 24 nitrogen and oxygen atoms in total. The zero-order valence-corrected chi connectivity index (χ0v) is 60.3. The van der Waals surface area contributed by atoms with Gasteiger partial charge in [0.15, 0.2) is 0 Å². The van der Waals surface area contributed by atoms with Crippen LogP contribution in [-0.2, 0) is 80.7 Å². The predicted molar refractivity (Wildman–Crippen MR) is 354 cm³/mol. The number of alkyl halides is 1. The monoisotopic (exact) mass is 1440 g/mol. The standard InChI is InChI=1S/C17H28O8.2C17H28O4.C7H5ClO3.C5H12O4.C3H5Br.K.H2O/c1(13-5-22-13)18-9-17(10-19-2-14-6-23-14,11-20-3-15-7-24-15)12-21-4-16-8-25-16;2*1-5-9-18-13-17(14-19-10-6-2,15-20-11-7-3)16-21-12-8-4;8-6-3-1-2-5(4-6)7(9)11-10;6-1-5(2-7,3-8)4-9;1-2-3-4;;/h13-16H,1-12H2;2*5-8H,1-4,9-16H2;1-4,10H;6-9H,1-4H2;2H,1,3H2;;1H2/q;;;;;;+1;/p-1. The minimum atomic E-state index is -1.11. The van der Waals surface area contributed by atoms with Crippen LogP contribution in [0.1, 0.15) is 10.4 Å². The molecule has 4 unspecified atom stereocenters. The molecule has 0 aliphatic carbocycles. The third kappa shape index (κ3) is 52.6. The first-order valence-electron chi connectivity index (χ1n) is 29.7. The van der Waals surface area contributed by atoms with Gasteiger partial charge in [-0.15, -0.1) is 59.2 Å². The molecule has 0 spiro atoms. The van der Waals surface area contributed by atoms with E-state index in [1.54, 1.807) is 66.8 Å². The van der Waals surface area contributed by atoms with E-state index in [0.29, 0.717) is 164 Å². The Morgan fingerprint density at radius 3 is 0.806 bits per heavy atom. The van der Waals surface area contributed by atoms with E-state index in [4.69, 9.17) is 113 Å². The molecule has 0 aromatic heterocycles. The Morgan fingerprint density at radius 2 is 0.656 bits per heavy atom. The first-order valence-corrected chi connectivity index (χ1v) is 31.2. The van der Waals surface area contributed by atoms with Crippen LogP contribution in [0.2, 0.25) is 5.02 Å². The molecule has 4 aliphatic heterocycles. The van der Waals surface area contributed by atoms with Gasteiger partial charge in [-0.25, -0.2) is 4.79 Å². The Hall–Kier alpha value is -2.12. The van der Waals surface area contributed by atoms with Crippen LogP contribution in [0.25, 0.3) is 0 Å². The number of epoxide rings is 4. The Labute approximate surface area is 608 Å². The summed E-state index contributed by atoms with van der Waals surface area (Å²) in [5.41, 5.74) is -2.00. The maximum atomic E-state index is 10.6. The van der Waals surface area contributed by atoms with Crippen molar-refractivity contribution in [3.05, 3.63) is 149 Å². The summed E-state index contributed by atoms with van der Waals surface area (Å²) in [4.78, 5) is 14.1.